The zero-order valence-corrected chi connectivity index (χ0v) is 20.9. The molecule has 1 aromatic carbocycles. The van der Waals surface area contributed by atoms with Gasteiger partial charge in [0.25, 0.3) is 5.91 Å². The monoisotopic (exact) mass is 486 g/mol. The lowest BCUT2D eigenvalue weighted by Crippen LogP contribution is -2.33. The number of carbonyl (C=O) groups excluding carboxylic acids is 1. The van der Waals surface area contributed by atoms with E-state index in [-0.39, 0.29) is 11.5 Å². The summed E-state index contributed by atoms with van der Waals surface area (Å²) in [5.41, 5.74) is 4.95. The zero-order valence-electron chi connectivity index (χ0n) is 20.9. The molecule has 0 radical (unpaired) electrons. The van der Waals surface area contributed by atoms with Crippen LogP contribution in [0.2, 0.25) is 0 Å². The third-order valence-electron chi connectivity index (χ3n) is 7.11. The fourth-order valence-corrected chi connectivity index (χ4v) is 5.01. The first-order valence-corrected chi connectivity index (χ1v) is 12.6. The minimum Gasteiger partial charge on any atom is -0.369 e. The average Bonchev–Trinajstić information content (AvgIpc) is 3.71. The third kappa shape index (κ3) is 4.89. The minimum atomic E-state index is -0.500. The maximum atomic E-state index is 14.0. The van der Waals surface area contributed by atoms with Gasteiger partial charge in [-0.2, -0.15) is 5.26 Å². The Morgan fingerprint density at radius 3 is 2.81 bits per heavy atom. The number of aromatic nitrogens is 2. The van der Waals surface area contributed by atoms with Crippen LogP contribution >= 0.6 is 0 Å². The first-order chi connectivity index (χ1) is 17.3. The van der Waals surface area contributed by atoms with E-state index in [0.29, 0.717) is 23.1 Å². The number of amides is 1. The molecule has 186 valence electrons. The number of nitriles is 1. The number of aryl methyl sites for hydroxylation is 1. The molecule has 1 aliphatic heterocycles. The summed E-state index contributed by atoms with van der Waals surface area (Å²) >= 11 is 0. The molecule has 7 nitrogen and oxygen atoms in total. The molecule has 1 saturated carbocycles. The number of benzene rings is 1. The second-order valence-corrected chi connectivity index (χ2v) is 10.1. The molecule has 1 amide bonds. The lowest BCUT2D eigenvalue weighted by Gasteiger charge is -2.27. The van der Waals surface area contributed by atoms with Gasteiger partial charge in [0.15, 0.2) is 0 Å². The third-order valence-corrected chi connectivity index (χ3v) is 7.11. The van der Waals surface area contributed by atoms with E-state index in [1.165, 1.54) is 12.1 Å². The van der Waals surface area contributed by atoms with Crippen molar-refractivity contribution in [2.45, 2.75) is 58.0 Å². The van der Waals surface area contributed by atoms with Crippen molar-refractivity contribution in [2.24, 2.45) is 0 Å². The predicted molar refractivity (Wildman–Crippen MR) is 138 cm³/mol. The number of fused-ring (bicyclic) bond motifs is 1. The fourth-order valence-electron chi connectivity index (χ4n) is 5.01. The Hall–Kier alpha value is -3.57. The highest BCUT2D eigenvalue weighted by Crippen LogP contribution is 2.43. The van der Waals surface area contributed by atoms with Gasteiger partial charge in [0.1, 0.15) is 5.82 Å². The van der Waals surface area contributed by atoms with Crippen LogP contribution in [0.4, 0.5) is 10.1 Å². The largest absolute Gasteiger partial charge is 0.369 e. The zero-order chi connectivity index (χ0) is 25.4. The number of carbonyl (C=O) groups is 1. The molecule has 1 aliphatic carbocycles. The number of pyridine rings is 2. The Morgan fingerprint density at radius 1 is 1.25 bits per heavy atom. The summed E-state index contributed by atoms with van der Waals surface area (Å²) in [5, 5.41) is 16.7. The van der Waals surface area contributed by atoms with Crippen molar-refractivity contribution in [3.8, 4) is 6.07 Å². The molecule has 8 heteroatoms. The first kappa shape index (κ1) is 24.1. The first-order valence-electron chi connectivity index (χ1n) is 12.6. The molecule has 0 spiro atoms. The van der Waals surface area contributed by atoms with Crippen molar-refractivity contribution in [1.82, 2.24) is 20.6 Å². The summed E-state index contributed by atoms with van der Waals surface area (Å²) in [6, 6.07) is 8.06. The summed E-state index contributed by atoms with van der Waals surface area (Å²) in [4.78, 5) is 25.5. The number of rotatable bonds is 5. The van der Waals surface area contributed by atoms with Crippen LogP contribution in [0.1, 0.15) is 77.9 Å². The number of nitrogens with one attached hydrogen (secondary N) is 2. The Kier molecular flexibility index (Phi) is 6.59. The number of nitrogens with zero attached hydrogens (tertiary/aromatic N) is 4. The summed E-state index contributed by atoms with van der Waals surface area (Å²) in [6.45, 7) is 8.37. The van der Waals surface area contributed by atoms with E-state index in [1.807, 2.05) is 19.1 Å². The molecule has 0 unspecified atom stereocenters. The van der Waals surface area contributed by atoms with Crippen molar-refractivity contribution < 1.29 is 9.18 Å². The fraction of sp³-hybridized carbons (Fsp3) is 0.429. The van der Waals surface area contributed by atoms with Crippen LogP contribution in [-0.2, 0) is 0 Å². The molecular weight excluding hydrogens is 455 g/mol. The van der Waals surface area contributed by atoms with Gasteiger partial charge in [-0.15, -0.1) is 0 Å². The maximum absolute atomic E-state index is 14.0. The van der Waals surface area contributed by atoms with E-state index in [0.717, 1.165) is 66.9 Å². The van der Waals surface area contributed by atoms with Crippen molar-refractivity contribution in [3.63, 3.8) is 0 Å². The van der Waals surface area contributed by atoms with Crippen molar-refractivity contribution >= 4 is 22.5 Å². The Bertz CT molecular complexity index is 1360. The summed E-state index contributed by atoms with van der Waals surface area (Å²) in [7, 11) is 0. The number of anilines is 1. The quantitative estimate of drug-likeness (QED) is 0.551. The standard InChI is InChI=1S/C28H31FN6O/c1-16-6-8-35(9-7-31-16)27-23-10-17(2)33-25(20-4-5-20)26(23)32-15-24(27)28(36)34-18(3)21-11-19(14-30)12-22(29)13-21/h10-13,15-16,18,20,31H,4-9H2,1-3H3,(H,34,36)/t16-,18-/m0/s1. The van der Waals surface area contributed by atoms with Gasteiger partial charge in [-0.3, -0.25) is 14.8 Å². The van der Waals surface area contributed by atoms with Crippen LogP contribution in [0.3, 0.4) is 0 Å². The normalized spacial score (nSPS) is 19.0. The van der Waals surface area contributed by atoms with Gasteiger partial charge in [0.2, 0.25) is 0 Å². The highest BCUT2D eigenvalue weighted by atomic mass is 19.1. The number of hydrogen-bond acceptors (Lipinski definition) is 6. The molecule has 5 rings (SSSR count). The highest BCUT2D eigenvalue weighted by molar-refractivity contribution is 6.08. The van der Waals surface area contributed by atoms with E-state index in [9.17, 15) is 14.4 Å². The summed E-state index contributed by atoms with van der Waals surface area (Å²) in [6.07, 6.45) is 4.86. The van der Waals surface area contributed by atoms with Crippen LogP contribution in [0.25, 0.3) is 10.9 Å². The molecule has 2 aromatic heterocycles. The van der Waals surface area contributed by atoms with Crippen molar-refractivity contribution in [3.05, 3.63) is 64.4 Å². The molecule has 36 heavy (non-hydrogen) atoms. The van der Waals surface area contributed by atoms with Crippen LogP contribution in [0.5, 0.6) is 0 Å². The van der Waals surface area contributed by atoms with Crippen molar-refractivity contribution in [1.29, 1.82) is 5.26 Å². The second kappa shape index (κ2) is 9.82. The van der Waals surface area contributed by atoms with Gasteiger partial charge < -0.3 is 15.5 Å². The molecule has 3 heterocycles. The topological polar surface area (TPSA) is 93.9 Å². The lowest BCUT2D eigenvalue weighted by molar-refractivity contribution is 0.0940. The van der Waals surface area contributed by atoms with Crippen LogP contribution in [0, 0.1) is 24.1 Å². The van der Waals surface area contributed by atoms with Crippen LogP contribution in [0.15, 0.2) is 30.5 Å². The minimum absolute atomic E-state index is 0.223. The SMILES string of the molecule is Cc1cc2c(N3CCN[C@@H](C)CC3)c(C(=O)N[C@@H](C)c3cc(F)cc(C#N)c3)cnc2c(C2CC2)n1. The molecule has 3 aromatic rings. The molecule has 2 atom stereocenters. The van der Waals surface area contributed by atoms with Crippen molar-refractivity contribution in [2.75, 3.05) is 24.5 Å². The number of hydrogen-bond donors (Lipinski definition) is 2. The molecule has 1 saturated heterocycles. The summed E-state index contributed by atoms with van der Waals surface area (Å²) < 4.78 is 14.0. The molecule has 2 N–H and O–H groups in total. The smallest absolute Gasteiger partial charge is 0.255 e. The van der Waals surface area contributed by atoms with E-state index in [2.05, 4.69) is 22.5 Å². The highest BCUT2D eigenvalue weighted by Gasteiger charge is 2.31. The summed E-state index contributed by atoms with van der Waals surface area (Å²) in [5.74, 6) is -0.345. The predicted octanol–water partition coefficient (Wildman–Crippen LogP) is 4.51. The Balaban J connectivity index is 1.57. The van der Waals surface area contributed by atoms with Gasteiger partial charge in [-0.25, -0.2) is 4.39 Å². The van der Waals surface area contributed by atoms with Gasteiger partial charge in [-0.1, -0.05) is 0 Å². The maximum Gasteiger partial charge on any atom is 0.255 e. The van der Waals surface area contributed by atoms with Crippen LogP contribution in [-0.4, -0.2) is 41.6 Å². The van der Waals surface area contributed by atoms with Gasteiger partial charge in [-0.05, 0) is 69.9 Å². The van der Waals surface area contributed by atoms with Gasteiger partial charge >= 0.3 is 0 Å². The Morgan fingerprint density at radius 2 is 2.06 bits per heavy atom. The van der Waals surface area contributed by atoms with Gasteiger partial charge in [0.05, 0.1) is 40.1 Å². The average molecular weight is 487 g/mol. The molecular formula is C28H31FN6O. The van der Waals surface area contributed by atoms with E-state index in [1.54, 1.807) is 19.2 Å². The van der Waals surface area contributed by atoms with E-state index < -0.39 is 11.9 Å². The van der Waals surface area contributed by atoms with Crippen LogP contribution < -0.4 is 15.5 Å². The molecule has 0 bridgehead atoms. The lowest BCUT2D eigenvalue weighted by atomic mass is 10.0. The molecule has 2 aliphatic rings. The second-order valence-electron chi connectivity index (χ2n) is 10.1. The van der Waals surface area contributed by atoms with Gasteiger partial charge in [0, 0.05) is 48.9 Å². The number of halogens is 1. The Labute approximate surface area is 210 Å². The molecule has 2 fully saturated rings. The van der Waals surface area contributed by atoms with E-state index >= 15 is 0 Å². The van der Waals surface area contributed by atoms with E-state index in [4.69, 9.17) is 9.97 Å².